The molecule has 0 amide bonds. The van der Waals surface area contributed by atoms with Crippen molar-refractivity contribution in [2.75, 3.05) is 0 Å². The molecule has 0 radical (unpaired) electrons. The van der Waals surface area contributed by atoms with Crippen LogP contribution >= 0.6 is 0 Å². The third kappa shape index (κ3) is 6.28. The molecule has 0 aliphatic rings. The van der Waals surface area contributed by atoms with Gasteiger partial charge in [-0.3, -0.25) is 19.2 Å². The van der Waals surface area contributed by atoms with Gasteiger partial charge in [0.2, 0.25) is 34.7 Å². The summed E-state index contributed by atoms with van der Waals surface area (Å²) in [6.07, 6.45) is 0. The van der Waals surface area contributed by atoms with Gasteiger partial charge in [-0.05, 0) is 62.4 Å². The molecule has 0 unspecified atom stereocenters. The molecular formula is C36H24N2O7. The summed E-state index contributed by atoms with van der Waals surface area (Å²) in [6.45, 7) is 3.84. The fourth-order valence-electron chi connectivity index (χ4n) is 4.45. The van der Waals surface area contributed by atoms with Gasteiger partial charge in [0, 0.05) is 34.4 Å². The van der Waals surface area contributed by atoms with Crippen LogP contribution in [0.3, 0.4) is 0 Å². The van der Waals surface area contributed by atoms with E-state index in [0.717, 1.165) is 11.1 Å². The summed E-state index contributed by atoms with van der Waals surface area (Å²) >= 11 is 0. The molecule has 9 heteroatoms. The number of carbonyl (C=O) groups excluding carboxylic acids is 4. The largest absolute Gasteiger partial charge is 0.457 e. The molecular weight excluding hydrogens is 572 g/mol. The van der Waals surface area contributed by atoms with Crippen LogP contribution in [0.25, 0.3) is 0 Å². The monoisotopic (exact) mass is 596 g/mol. The number of benzene rings is 4. The van der Waals surface area contributed by atoms with Crippen molar-refractivity contribution in [2.45, 2.75) is 13.8 Å². The van der Waals surface area contributed by atoms with Crippen LogP contribution in [0.1, 0.15) is 75.5 Å². The zero-order valence-corrected chi connectivity index (χ0v) is 24.1. The number of hydrogen-bond acceptors (Lipinski definition) is 9. The normalized spacial score (nSPS) is 10.8. The number of nitrogens with zero attached hydrogens (tertiary/aromatic N) is 2. The van der Waals surface area contributed by atoms with Gasteiger partial charge in [-0.1, -0.05) is 70.0 Å². The second-order valence-electron chi connectivity index (χ2n) is 10.4. The van der Waals surface area contributed by atoms with Crippen molar-refractivity contribution in [3.8, 4) is 11.5 Å². The van der Waals surface area contributed by atoms with Crippen LogP contribution in [-0.2, 0) is 0 Å². The fraction of sp³-hybridized carbons (Fsp3) is 0.0556. The lowest BCUT2D eigenvalue weighted by molar-refractivity contribution is 0.0991. The summed E-state index contributed by atoms with van der Waals surface area (Å²) < 4.78 is 16.2. The van der Waals surface area contributed by atoms with Gasteiger partial charge in [0.15, 0.2) is 11.4 Å². The molecule has 9 nitrogen and oxygen atoms in total. The molecule has 45 heavy (non-hydrogen) atoms. The van der Waals surface area contributed by atoms with Crippen molar-refractivity contribution in [3.05, 3.63) is 165 Å². The maximum absolute atomic E-state index is 12.9. The van der Waals surface area contributed by atoms with E-state index in [1.165, 1.54) is 12.1 Å². The number of ketones is 4. The highest BCUT2D eigenvalue weighted by atomic mass is 16.5. The molecule has 2 heterocycles. The molecule has 4 aromatic carbocycles. The van der Waals surface area contributed by atoms with Crippen molar-refractivity contribution < 1.29 is 33.0 Å². The van der Waals surface area contributed by atoms with Crippen molar-refractivity contribution in [1.29, 1.82) is 0 Å². The van der Waals surface area contributed by atoms with Gasteiger partial charge in [0.1, 0.15) is 11.5 Å². The third-order valence-electron chi connectivity index (χ3n) is 7.03. The second kappa shape index (κ2) is 12.2. The number of rotatable bonds is 10. The second-order valence-corrected chi connectivity index (χ2v) is 10.4. The summed E-state index contributed by atoms with van der Waals surface area (Å²) in [6, 6.07) is 29.5. The van der Waals surface area contributed by atoms with E-state index in [2.05, 4.69) is 10.3 Å². The molecule has 6 aromatic rings. The molecule has 0 fully saturated rings. The summed E-state index contributed by atoms with van der Waals surface area (Å²) in [7, 11) is 0. The molecule has 2 aromatic heterocycles. The summed E-state index contributed by atoms with van der Waals surface area (Å²) in [5.74, 6) is -0.760. The van der Waals surface area contributed by atoms with Gasteiger partial charge in [-0.25, -0.2) is 0 Å². The molecule has 0 N–H and O–H groups in total. The van der Waals surface area contributed by atoms with Gasteiger partial charge < -0.3 is 13.8 Å². The van der Waals surface area contributed by atoms with E-state index in [1.54, 1.807) is 72.8 Å². The molecule has 0 aliphatic carbocycles. The molecule has 0 saturated heterocycles. The molecule has 0 atom stereocenters. The van der Waals surface area contributed by atoms with E-state index in [1.807, 2.05) is 38.1 Å². The van der Waals surface area contributed by atoms with Crippen LogP contribution in [0.4, 0.5) is 0 Å². The Morgan fingerprint density at radius 2 is 0.778 bits per heavy atom. The molecule has 0 aliphatic heterocycles. The zero-order valence-electron chi connectivity index (χ0n) is 24.1. The minimum absolute atomic E-state index is 0.0450. The Bertz CT molecular complexity index is 1890. The topological polar surface area (TPSA) is 130 Å². The number of aryl methyl sites for hydroxylation is 2. The minimum atomic E-state index is -0.434. The zero-order chi connectivity index (χ0) is 31.5. The predicted octanol–water partition coefficient (Wildman–Crippen LogP) is 7.00. The quantitative estimate of drug-likeness (QED) is 0.154. The van der Waals surface area contributed by atoms with Crippen LogP contribution in [0, 0.1) is 13.8 Å². The summed E-state index contributed by atoms with van der Waals surface area (Å²) in [4.78, 5) is 51.2. The van der Waals surface area contributed by atoms with E-state index >= 15 is 0 Å². The first-order valence-corrected chi connectivity index (χ1v) is 13.9. The summed E-state index contributed by atoms with van der Waals surface area (Å²) in [5, 5.41) is 7.56. The van der Waals surface area contributed by atoms with E-state index in [9.17, 15) is 19.2 Å². The van der Waals surface area contributed by atoms with Crippen LogP contribution < -0.4 is 4.74 Å². The first-order valence-electron chi connectivity index (χ1n) is 13.9. The van der Waals surface area contributed by atoms with Crippen LogP contribution in [0.15, 0.2) is 118 Å². The van der Waals surface area contributed by atoms with Crippen LogP contribution in [0.2, 0.25) is 0 Å². The highest BCUT2D eigenvalue weighted by molar-refractivity contribution is 6.12. The Kier molecular flexibility index (Phi) is 7.82. The molecule has 0 bridgehead atoms. The minimum Gasteiger partial charge on any atom is -0.457 e. The van der Waals surface area contributed by atoms with E-state index in [-0.39, 0.29) is 34.5 Å². The van der Waals surface area contributed by atoms with E-state index < -0.39 is 11.6 Å². The van der Waals surface area contributed by atoms with Gasteiger partial charge in [0.05, 0.1) is 0 Å². The Morgan fingerprint density at radius 3 is 1.13 bits per heavy atom. The Morgan fingerprint density at radius 1 is 0.467 bits per heavy atom. The van der Waals surface area contributed by atoms with Gasteiger partial charge in [-0.2, -0.15) is 0 Å². The first kappa shape index (κ1) is 28.9. The standard InChI is InChI=1S/C36H24N2O7/c1-21-3-7-23(8-4-21)33(39)29-19-31(44-37-29)35(41)25-11-15-27(16-12-25)43-28-17-13-26(14-18-28)36(42)32-20-30(38-45-32)34(40)24-9-5-22(2)6-10-24/h3-20H,1-2H3. The average molecular weight is 597 g/mol. The number of hydrogen-bond donors (Lipinski definition) is 0. The average Bonchev–Trinajstić information content (AvgIpc) is 3.76. The summed E-state index contributed by atoms with van der Waals surface area (Å²) in [5.41, 5.74) is 3.67. The molecule has 0 spiro atoms. The Balaban J connectivity index is 1.07. The highest BCUT2D eigenvalue weighted by Crippen LogP contribution is 2.24. The van der Waals surface area contributed by atoms with Crippen LogP contribution in [-0.4, -0.2) is 33.4 Å². The van der Waals surface area contributed by atoms with Gasteiger partial charge in [-0.15, -0.1) is 0 Å². The third-order valence-corrected chi connectivity index (χ3v) is 7.03. The number of carbonyl (C=O) groups is 4. The Labute approximate surface area is 257 Å². The molecule has 0 saturated carbocycles. The molecule has 6 rings (SSSR count). The SMILES string of the molecule is Cc1ccc(C(=O)c2cc(C(=O)c3ccc(Oc4ccc(C(=O)c5cc(C(=O)c6ccc(C)cc6)no5)cc4)cc3)on2)cc1. The maximum atomic E-state index is 12.9. The number of aromatic nitrogens is 2. The van der Waals surface area contributed by atoms with Gasteiger partial charge >= 0.3 is 0 Å². The number of ether oxygens (including phenoxy) is 1. The Hall–Kier alpha value is -6.22. The van der Waals surface area contributed by atoms with Crippen molar-refractivity contribution in [1.82, 2.24) is 10.3 Å². The van der Waals surface area contributed by atoms with E-state index in [0.29, 0.717) is 33.8 Å². The van der Waals surface area contributed by atoms with Crippen LogP contribution in [0.5, 0.6) is 11.5 Å². The molecule has 220 valence electrons. The lowest BCUT2D eigenvalue weighted by atomic mass is 10.0. The van der Waals surface area contributed by atoms with Crippen molar-refractivity contribution >= 4 is 23.1 Å². The van der Waals surface area contributed by atoms with Crippen molar-refractivity contribution in [2.24, 2.45) is 0 Å². The predicted molar refractivity (Wildman–Crippen MR) is 162 cm³/mol. The highest BCUT2D eigenvalue weighted by Gasteiger charge is 2.21. The smallest absolute Gasteiger partial charge is 0.231 e. The van der Waals surface area contributed by atoms with Crippen molar-refractivity contribution in [3.63, 3.8) is 0 Å². The first-order chi connectivity index (χ1) is 21.7. The lowest BCUT2D eigenvalue weighted by Gasteiger charge is -2.07. The van der Waals surface area contributed by atoms with E-state index in [4.69, 9.17) is 13.8 Å². The fourth-order valence-corrected chi connectivity index (χ4v) is 4.45. The lowest BCUT2D eigenvalue weighted by Crippen LogP contribution is -2.02. The van der Waals surface area contributed by atoms with Gasteiger partial charge in [0.25, 0.3) is 0 Å². The maximum Gasteiger partial charge on any atom is 0.231 e.